The fourth-order valence-corrected chi connectivity index (χ4v) is 4.16. The molecular formula is C20H25N3O2. The first-order valence-corrected chi connectivity index (χ1v) is 9.02. The molecule has 1 N–H and O–H groups in total. The second-order valence-corrected chi connectivity index (χ2v) is 7.18. The van der Waals surface area contributed by atoms with Gasteiger partial charge in [-0.25, -0.2) is 0 Å². The van der Waals surface area contributed by atoms with Crippen molar-refractivity contribution in [1.29, 1.82) is 0 Å². The Balaban J connectivity index is 1.46. The Hall–Kier alpha value is -2.27. The highest BCUT2D eigenvalue weighted by molar-refractivity contribution is 5.92. The van der Waals surface area contributed by atoms with Crippen molar-refractivity contribution in [3.05, 3.63) is 53.9 Å². The number of aromatic amines is 1. The average Bonchev–Trinajstić information content (AvgIpc) is 3.04. The van der Waals surface area contributed by atoms with Crippen LogP contribution in [0.5, 0.6) is 5.75 Å². The molecule has 2 aromatic rings. The molecule has 3 aliphatic heterocycles. The van der Waals surface area contributed by atoms with Gasteiger partial charge in [0.1, 0.15) is 11.4 Å². The highest BCUT2D eigenvalue weighted by Crippen LogP contribution is 2.30. The SMILES string of the molecule is COc1ccc(CN2C[C@H]3CC[C@@H](C2)N(C(=O)c2ccc[nH]2)C3)cc1. The molecule has 2 atom stereocenters. The summed E-state index contributed by atoms with van der Waals surface area (Å²) in [5.41, 5.74) is 2.00. The zero-order valence-electron chi connectivity index (χ0n) is 14.6. The molecule has 1 amide bonds. The summed E-state index contributed by atoms with van der Waals surface area (Å²) in [5.74, 6) is 1.60. The Bertz CT molecular complexity index is 711. The minimum atomic E-state index is 0.144. The van der Waals surface area contributed by atoms with E-state index in [1.54, 1.807) is 7.11 Å². The monoisotopic (exact) mass is 339 g/mol. The molecule has 132 valence electrons. The number of carbonyl (C=O) groups excluding carboxylic acids is 1. The van der Waals surface area contributed by atoms with Gasteiger partial charge in [0, 0.05) is 38.4 Å². The maximum Gasteiger partial charge on any atom is 0.270 e. The highest BCUT2D eigenvalue weighted by atomic mass is 16.5. The highest BCUT2D eigenvalue weighted by Gasteiger charge is 2.37. The fraction of sp³-hybridized carbons (Fsp3) is 0.450. The van der Waals surface area contributed by atoms with Crippen LogP contribution in [0.3, 0.4) is 0 Å². The summed E-state index contributed by atoms with van der Waals surface area (Å²) < 4.78 is 5.24. The molecule has 5 nitrogen and oxygen atoms in total. The number of fused-ring (bicyclic) bond motifs is 4. The predicted octanol–water partition coefficient (Wildman–Crippen LogP) is 2.76. The van der Waals surface area contributed by atoms with E-state index in [0.717, 1.165) is 38.3 Å². The lowest BCUT2D eigenvalue weighted by Crippen LogP contribution is -2.47. The first-order valence-electron chi connectivity index (χ1n) is 9.02. The Labute approximate surface area is 148 Å². The Kier molecular flexibility index (Phi) is 4.49. The van der Waals surface area contributed by atoms with Crippen LogP contribution in [0.25, 0.3) is 0 Å². The molecule has 1 aromatic carbocycles. The minimum absolute atomic E-state index is 0.144. The number of benzene rings is 1. The van der Waals surface area contributed by atoms with Gasteiger partial charge < -0.3 is 14.6 Å². The molecule has 25 heavy (non-hydrogen) atoms. The van der Waals surface area contributed by atoms with Crippen molar-refractivity contribution in [3.63, 3.8) is 0 Å². The summed E-state index contributed by atoms with van der Waals surface area (Å²) in [5, 5.41) is 0. The summed E-state index contributed by atoms with van der Waals surface area (Å²) in [6.45, 7) is 3.83. The van der Waals surface area contributed by atoms with E-state index in [2.05, 4.69) is 26.9 Å². The maximum atomic E-state index is 12.8. The molecule has 1 aromatic heterocycles. The average molecular weight is 339 g/mol. The number of piperidine rings is 1. The van der Waals surface area contributed by atoms with Crippen molar-refractivity contribution in [1.82, 2.24) is 14.8 Å². The van der Waals surface area contributed by atoms with E-state index in [-0.39, 0.29) is 5.91 Å². The zero-order valence-corrected chi connectivity index (χ0v) is 14.6. The summed E-state index contributed by atoms with van der Waals surface area (Å²) in [4.78, 5) is 20.5. The number of aromatic nitrogens is 1. The summed E-state index contributed by atoms with van der Waals surface area (Å²) in [6, 6.07) is 12.4. The van der Waals surface area contributed by atoms with Crippen LogP contribution in [0.2, 0.25) is 0 Å². The quantitative estimate of drug-likeness (QED) is 0.932. The second kappa shape index (κ2) is 6.92. The summed E-state index contributed by atoms with van der Waals surface area (Å²) >= 11 is 0. The fourth-order valence-electron chi connectivity index (χ4n) is 4.16. The van der Waals surface area contributed by atoms with Gasteiger partial charge in [0.2, 0.25) is 0 Å². The number of H-pyrrole nitrogens is 1. The molecule has 3 fully saturated rings. The molecule has 3 aliphatic rings. The van der Waals surface area contributed by atoms with Gasteiger partial charge in [-0.15, -0.1) is 0 Å². The van der Waals surface area contributed by atoms with Crippen LogP contribution in [-0.2, 0) is 6.54 Å². The molecule has 4 heterocycles. The van der Waals surface area contributed by atoms with Gasteiger partial charge >= 0.3 is 0 Å². The zero-order chi connectivity index (χ0) is 17.2. The van der Waals surface area contributed by atoms with Crippen LogP contribution in [-0.4, -0.2) is 53.5 Å². The normalized spacial score (nSPS) is 23.5. The number of hydrogen-bond donors (Lipinski definition) is 1. The van der Waals surface area contributed by atoms with Crippen molar-refractivity contribution >= 4 is 5.91 Å². The van der Waals surface area contributed by atoms with Gasteiger partial charge in [-0.05, 0) is 48.6 Å². The first-order chi connectivity index (χ1) is 12.2. The molecular weight excluding hydrogens is 314 g/mol. The van der Waals surface area contributed by atoms with Gasteiger partial charge in [-0.3, -0.25) is 9.69 Å². The third-order valence-corrected chi connectivity index (χ3v) is 5.44. The van der Waals surface area contributed by atoms with Crippen LogP contribution < -0.4 is 4.74 Å². The molecule has 3 saturated heterocycles. The molecule has 5 rings (SSSR count). The molecule has 0 spiro atoms. The first kappa shape index (κ1) is 16.2. The van der Waals surface area contributed by atoms with Crippen LogP contribution in [0.1, 0.15) is 28.9 Å². The largest absolute Gasteiger partial charge is 0.497 e. The van der Waals surface area contributed by atoms with Crippen molar-refractivity contribution < 1.29 is 9.53 Å². The summed E-state index contributed by atoms with van der Waals surface area (Å²) in [7, 11) is 1.69. The van der Waals surface area contributed by atoms with E-state index < -0.39 is 0 Å². The Morgan fingerprint density at radius 2 is 2.00 bits per heavy atom. The Morgan fingerprint density at radius 1 is 1.16 bits per heavy atom. The number of methoxy groups -OCH3 is 1. The number of amides is 1. The van der Waals surface area contributed by atoms with Gasteiger partial charge in [-0.1, -0.05) is 12.1 Å². The summed E-state index contributed by atoms with van der Waals surface area (Å²) in [6.07, 6.45) is 4.15. The number of carbonyl (C=O) groups is 1. The Morgan fingerprint density at radius 3 is 2.72 bits per heavy atom. The third kappa shape index (κ3) is 3.42. The maximum absolute atomic E-state index is 12.8. The smallest absolute Gasteiger partial charge is 0.270 e. The van der Waals surface area contributed by atoms with Gasteiger partial charge in [0.05, 0.1) is 7.11 Å². The molecule has 0 saturated carbocycles. The van der Waals surface area contributed by atoms with Crippen molar-refractivity contribution in [3.8, 4) is 5.75 Å². The van der Waals surface area contributed by atoms with Crippen LogP contribution in [0, 0.1) is 5.92 Å². The predicted molar refractivity (Wildman–Crippen MR) is 96.6 cm³/mol. The second-order valence-electron chi connectivity index (χ2n) is 7.18. The third-order valence-electron chi connectivity index (χ3n) is 5.44. The van der Waals surface area contributed by atoms with Gasteiger partial charge in [0.15, 0.2) is 0 Å². The lowest BCUT2D eigenvalue weighted by molar-refractivity contribution is 0.0579. The van der Waals surface area contributed by atoms with E-state index in [1.165, 1.54) is 12.0 Å². The number of nitrogens with one attached hydrogen (secondary N) is 1. The van der Waals surface area contributed by atoms with Crippen LogP contribution in [0.15, 0.2) is 42.6 Å². The van der Waals surface area contributed by atoms with E-state index in [9.17, 15) is 4.79 Å². The number of nitrogens with zero attached hydrogens (tertiary/aromatic N) is 2. The van der Waals surface area contributed by atoms with Gasteiger partial charge in [-0.2, -0.15) is 0 Å². The standard InChI is InChI=1S/C20H25N3O2/c1-25-18-8-5-15(6-9-18)11-22-12-16-4-7-17(14-22)23(13-16)20(24)19-3-2-10-21-19/h2-3,5-6,8-10,16-17,21H,4,7,11-14H2,1H3/t16-,17+/m1/s1. The van der Waals surface area contributed by atoms with Crippen molar-refractivity contribution in [2.75, 3.05) is 26.7 Å². The molecule has 0 unspecified atom stereocenters. The topological polar surface area (TPSA) is 48.6 Å². The molecule has 5 heteroatoms. The lowest BCUT2D eigenvalue weighted by atomic mass is 9.95. The van der Waals surface area contributed by atoms with Crippen LogP contribution in [0.4, 0.5) is 0 Å². The molecule has 0 aliphatic carbocycles. The van der Waals surface area contributed by atoms with E-state index in [4.69, 9.17) is 4.74 Å². The number of hydrogen-bond acceptors (Lipinski definition) is 3. The van der Waals surface area contributed by atoms with Gasteiger partial charge in [0.25, 0.3) is 5.91 Å². The molecule has 2 bridgehead atoms. The van der Waals surface area contributed by atoms with E-state index >= 15 is 0 Å². The minimum Gasteiger partial charge on any atom is -0.497 e. The van der Waals surface area contributed by atoms with Crippen molar-refractivity contribution in [2.24, 2.45) is 5.92 Å². The lowest BCUT2D eigenvalue weighted by Gasteiger charge is -2.36. The molecule has 0 radical (unpaired) electrons. The van der Waals surface area contributed by atoms with Crippen LogP contribution >= 0.6 is 0 Å². The van der Waals surface area contributed by atoms with E-state index in [1.807, 2.05) is 30.5 Å². The number of rotatable bonds is 4. The van der Waals surface area contributed by atoms with Crippen molar-refractivity contribution in [2.45, 2.75) is 25.4 Å². The number of ether oxygens (including phenoxy) is 1. The van der Waals surface area contributed by atoms with E-state index in [0.29, 0.717) is 17.7 Å².